The van der Waals surface area contributed by atoms with Crippen molar-refractivity contribution in [1.29, 1.82) is 0 Å². The van der Waals surface area contributed by atoms with Gasteiger partial charge in [-0.1, -0.05) is 31.2 Å². The van der Waals surface area contributed by atoms with E-state index in [0.29, 0.717) is 11.9 Å². The van der Waals surface area contributed by atoms with E-state index >= 15 is 0 Å². The Morgan fingerprint density at radius 3 is 2.32 bits per heavy atom. The Bertz CT molecular complexity index is 505. The van der Waals surface area contributed by atoms with Crippen LogP contribution in [0.1, 0.15) is 25.5 Å². The van der Waals surface area contributed by atoms with Gasteiger partial charge in [0.15, 0.2) is 0 Å². The van der Waals surface area contributed by atoms with Crippen LogP contribution in [0.4, 0.5) is 0 Å². The van der Waals surface area contributed by atoms with Crippen molar-refractivity contribution in [3.05, 3.63) is 48.2 Å². The van der Waals surface area contributed by atoms with Gasteiger partial charge < -0.3 is 10.1 Å². The van der Waals surface area contributed by atoms with Gasteiger partial charge in [0.2, 0.25) is 5.88 Å². The topological polar surface area (TPSA) is 34.1 Å². The molecule has 0 aliphatic carbocycles. The second-order valence-corrected chi connectivity index (χ2v) is 4.49. The van der Waals surface area contributed by atoms with Crippen molar-refractivity contribution in [3.63, 3.8) is 0 Å². The van der Waals surface area contributed by atoms with Crippen molar-refractivity contribution in [2.75, 3.05) is 13.7 Å². The Balaban J connectivity index is 2.17. The zero-order valence-electron chi connectivity index (χ0n) is 11.7. The van der Waals surface area contributed by atoms with Crippen molar-refractivity contribution in [2.24, 2.45) is 0 Å². The van der Waals surface area contributed by atoms with Crippen LogP contribution in [0.3, 0.4) is 0 Å². The standard InChI is InChI=1S/C16H20N2O/c1-4-17-12(2)13-5-7-14(8-6-13)15-9-10-16(19-3)18-11-15/h5-12,17H,4H2,1-3H3. The Morgan fingerprint density at radius 1 is 1.11 bits per heavy atom. The summed E-state index contributed by atoms with van der Waals surface area (Å²) in [7, 11) is 1.62. The predicted molar refractivity (Wildman–Crippen MR) is 78.3 cm³/mol. The fraction of sp³-hybridized carbons (Fsp3) is 0.312. The molecular formula is C16H20N2O. The summed E-state index contributed by atoms with van der Waals surface area (Å²) in [6.45, 7) is 5.27. The van der Waals surface area contributed by atoms with Crippen LogP contribution in [0.25, 0.3) is 11.1 Å². The first kappa shape index (κ1) is 13.6. The number of pyridine rings is 1. The first-order valence-electron chi connectivity index (χ1n) is 6.58. The summed E-state index contributed by atoms with van der Waals surface area (Å²) in [6.07, 6.45) is 1.83. The Hall–Kier alpha value is -1.87. The molecular weight excluding hydrogens is 236 g/mol. The lowest BCUT2D eigenvalue weighted by atomic mass is 10.0. The van der Waals surface area contributed by atoms with Crippen LogP contribution in [0.5, 0.6) is 5.88 Å². The lowest BCUT2D eigenvalue weighted by Crippen LogP contribution is -2.17. The van der Waals surface area contributed by atoms with E-state index in [-0.39, 0.29) is 0 Å². The van der Waals surface area contributed by atoms with Crippen LogP contribution < -0.4 is 10.1 Å². The van der Waals surface area contributed by atoms with Crippen molar-refractivity contribution in [2.45, 2.75) is 19.9 Å². The molecule has 19 heavy (non-hydrogen) atoms. The molecule has 0 radical (unpaired) electrons. The number of hydrogen-bond donors (Lipinski definition) is 1. The number of nitrogens with one attached hydrogen (secondary N) is 1. The molecule has 0 saturated heterocycles. The molecule has 1 aromatic heterocycles. The van der Waals surface area contributed by atoms with E-state index in [1.165, 1.54) is 11.1 Å². The number of ether oxygens (including phenoxy) is 1. The molecule has 0 saturated carbocycles. The highest BCUT2D eigenvalue weighted by atomic mass is 16.5. The predicted octanol–water partition coefficient (Wildman–Crippen LogP) is 3.43. The van der Waals surface area contributed by atoms with Crippen molar-refractivity contribution < 1.29 is 4.74 Å². The number of nitrogens with zero attached hydrogens (tertiary/aromatic N) is 1. The zero-order valence-corrected chi connectivity index (χ0v) is 11.7. The van der Waals surface area contributed by atoms with Gasteiger partial charge in [-0.05, 0) is 30.7 Å². The molecule has 1 unspecified atom stereocenters. The van der Waals surface area contributed by atoms with Crippen molar-refractivity contribution >= 4 is 0 Å². The van der Waals surface area contributed by atoms with Crippen LogP contribution in [0.2, 0.25) is 0 Å². The highest BCUT2D eigenvalue weighted by Crippen LogP contribution is 2.22. The van der Waals surface area contributed by atoms with Crippen molar-refractivity contribution in [1.82, 2.24) is 10.3 Å². The Labute approximate surface area is 114 Å². The summed E-state index contributed by atoms with van der Waals surface area (Å²) >= 11 is 0. The lowest BCUT2D eigenvalue weighted by molar-refractivity contribution is 0.398. The summed E-state index contributed by atoms with van der Waals surface area (Å²) in [6, 6.07) is 12.9. The minimum atomic E-state index is 0.382. The number of methoxy groups -OCH3 is 1. The summed E-state index contributed by atoms with van der Waals surface area (Å²) < 4.78 is 5.06. The molecule has 0 aliphatic heterocycles. The molecule has 1 heterocycles. The molecule has 0 amide bonds. The maximum atomic E-state index is 5.06. The first-order chi connectivity index (χ1) is 9.24. The molecule has 0 fully saturated rings. The van der Waals surface area contributed by atoms with E-state index in [2.05, 4.69) is 48.4 Å². The van der Waals surface area contributed by atoms with E-state index in [0.717, 1.165) is 12.1 Å². The molecule has 1 atom stereocenters. The molecule has 0 spiro atoms. The number of hydrogen-bond acceptors (Lipinski definition) is 3. The average Bonchev–Trinajstić information content (AvgIpc) is 2.48. The third kappa shape index (κ3) is 3.32. The second-order valence-electron chi connectivity index (χ2n) is 4.49. The van der Waals surface area contributed by atoms with Gasteiger partial charge in [-0.3, -0.25) is 0 Å². The van der Waals surface area contributed by atoms with E-state index in [1.54, 1.807) is 7.11 Å². The van der Waals surface area contributed by atoms with Crippen LogP contribution in [-0.2, 0) is 0 Å². The fourth-order valence-corrected chi connectivity index (χ4v) is 2.06. The molecule has 2 rings (SSSR count). The largest absolute Gasteiger partial charge is 0.481 e. The quantitative estimate of drug-likeness (QED) is 0.890. The highest BCUT2D eigenvalue weighted by Gasteiger charge is 2.04. The summed E-state index contributed by atoms with van der Waals surface area (Å²) in [5, 5.41) is 3.41. The number of aromatic nitrogens is 1. The third-order valence-electron chi connectivity index (χ3n) is 3.20. The fourth-order valence-electron chi connectivity index (χ4n) is 2.06. The van der Waals surface area contributed by atoms with E-state index in [9.17, 15) is 0 Å². The van der Waals surface area contributed by atoms with Gasteiger partial charge in [-0.25, -0.2) is 4.98 Å². The van der Waals surface area contributed by atoms with Gasteiger partial charge >= 0.3 is 0 Å². The van der Waals surface area contributed by atoms with Crippen LogP contribution in [0.15, 0.2) is 42.6 Å². The molecule has 3 nitrogen and oxygen atoms in total. The van der Waals surface area contributed by atoms with E-state index in [4.69, 9.17) is 4.74 Å². The van der Waals surface area contributed by atoms with Gasteiger partial charge in [0.25, 0.3) is 0 Å². The van der Waals surface area contributed by atoms with E-state index < -0.39 is 0 Å². The lowest BCUT2D eigenvalue weighted by Gasteiger charge is -2.13. The Kier molecular flexibility index (Phi) is 4.53. The Morgan fingerprint density at radius 2 is 1.79 bits per heavy atom. The zero-order chi connectivity index (χ0) is 13.7. The van der Waals surface area contributed by atoms with Crippen LogP contribution in [0, 0.1) is 0 Å². The summed E-state index contributed by atoms with van der Waals surface area (Å²) in [4.78, 5) is 4.23. The normalized spacial score (nSPS) is 12.2. The molecule has 0 aliphatic rings. The summed E-state index contributed by atoms with van der Waals surface area (Å²) in [5.74, 6) is 0.640. The molecule has 3 heteroatoms. The van der Waals surface area contributed by atoms with Gasteiger partial charge in [0.1, 0.15) is 0 Å². The average molecular weight is 256 g/mol. The number of rotatable bonds is 5. The smallest absolute Gasteiger partial charge is 0.212 e. The second kappa shape index (κ2) is 6.34. The third-order valence-corrected chi connectivity index (χ3v) is 3.20. The molecule has 0 bridgehead atoms. The van der Waals surface area contributed by atoms with E-state index in [1.807, 2.05) is 18.3 Å². The van der Waals surface area contributed by atoms with Gasteiger partial charge in [-0.15, -0.1) is 0 Å². The van der Waals surface area contributed by atoms with Crippen LogP contribution in [-0.4, -0.2) is 18.6 Å². The van der Waals surface area contributed by atoms with Crippen LogP contribution >= 0.6 is 0 Å². The molecule has 2 aromatic rings. The highest BCUT2D eigenvalue weighted by molar-refractivity contribution is 5.63. The first-order valence-corrected chi connectivity index (χ1v) is 6.58. The summed E-state index contributed by atoms with van der Waals surface area (Å²) in [5.41, 5.74) is 3.57. The monoisotopic (exact) mass is 256 g/mol. The minimum Gasteiger partial charge on any atom is -0.481 e. The SMILES string of the molecule is CCNC(C)c1ccc(-c2ccc(OC)nc2)cc1. The molecule has 100 valence electrons. The maximum absolute atomic E-state index is 5.06. The van der Waals surface area contributed by atoms with Gasteiger partial charge in [-0.2, -0.15) is 0 Å². The molecule has 1 aromatic carbocycles. The van der Waals surface area contributed by atoms with Gasteiger partial charge in [0.05, 0.1) is 7.11 Å². The van der Waals surface area contributed by atoms with Gasteiger partial charge in [0, 0.05) is 23.9 Å². The molecule has 1 N–H and O–H groups in total. The minimum absolute atomic E-state index is 0.382. The maximum Gasteiger partial charge on any atom is 0.212 e. The number of benzene rings is 1. The van der Waals surface area contributed by atoms with Crippen molar-refractivity contribution in [3.8, 4) is 17.0 Å².